The van der Waals surface area contributed by atoms with E-state index >= 15 is 0 Å². The molecular weight excluding hydrogens is 532 g/mol. The summed E-state index contributed by atoms with van der Waals surface area (Å²) in [5, 5.41) is 0. The van der Waals surface area contributed by atoms with E-state index in [-0.39, 0.29) is 18.3 Å². The number of aromatic nitrogens is 1. The van der Waals surface area contributed by atoms with Gasteiger partial charge in [0, 0.05) is 0 Å². The Morgan fingerprint density at radius 3 is 2.38 bits per heavy atom. The maximum atomic E-state index is 13.9. The summed E-state index contributed by atoms with van der Waals surface area (Å²) in [4.78, 5) is 32.2. The van der Waals surface area contributed by atoms with Gasteiger partial charge in [-0.3, -0.25) is 9.36 Å². The summed E-state index contributed by atoms with van der Waals surface area (Å²) >= 11 is 1.25. The van der Waals surface area contributed by atoms with Gasteiger partial charge in [0.15, 0.2) is 27.8 Å². The van der Waals surface area contributed by atoms with Gasteiger partial charge in [0.1, 0.15) is 0 Å². The lowest BCUT2D eigenvalue weighted by atomic mass is 9.95. The number of esters is 1. The standard InChI is InChI=1S/C30H34N2O7S/c1-8-37-21-12-10-19(14-23(21)35-6)15-25-28(33)32-27(20-11-13-22(39-17(3)4)24(16-20)36-7)26(29(34)38-9-2)18(5)31-30(32)40-25/h10-17,27H,8-9H2,1-7H3. The second-order valence-corrected chi connectivity index (χ2v) is 10.2. The van der Waals surface area contributed by atoms with Crippen molar-refractivity contribution in [2.75, 3.05) is 27.4 Å². The van der Waals surface area contributed by atoms with Crippen LogP contribution in [0.15, 0.2) is 57.5 Å². The van der Waals surface area contributed by atoms with Gasteiger partial charge in [-0.25, -0.2) is 9.79 Å². The smallest absolute Gasteiger partial charge is 0.338 e. The van der Waals surface area contributed by atoms with Crippen LogP contribution in [0.2, 0.25) is 0 Å². The first-order valence-corrected chi connectivity index (χ1v) is 13.9. The van der Waals surface area contributed by atoms with Crippen molar-refractivity contribution in [3.63, 3.8) is 0 Å². The van der Waals surface area contributed by atoms with Crippen molar-refractivity contribution in [1.82, 2.24) is 4.57 Å². The molecule has 2 aromatic carbocycles. The fraction of sp³-hybridized carbons (Fsp3) is 0.367. The van der Waals surface area contributed by atoms with Crippen LogP contribution in [0.4, 0.5) is 0 Å². The third-order valence-corrected chi connectivity index (χ3v) is 7.15. The highest BCUT2D eigenvalue weighted by atomic mass is 32.1. The van der Waals surface area contributed by atoms with E-state index in [4.69, 9.17) is 23.7 Å². The van der Waals surface area contributed by atoms with E-state index in [1.807, 2.05) is 45.0 Å². The van der Waals surface area contributed by atoms with E-state index in [2.05, 4.69) is 4.99 Å². The Bertz CT molecular complexity index is 1620. The largest absolute Gasteiger partial charge is 0.493 e. The first-order valence-electron chi connectivity index (χ1n) is 13.1. The third-order valence-electron chi connectivity index (χ3n) is 6.17. The van der Waals surface area contributed by atoms with Crippen molar-refractivity contribution in [1.29, 1.82) is 0 Å². The molecule has 1 aliphatic rings. The quantitative estimate of drug-likeness (QED) is 0.342. The number of hydrogen-bond donors (Lipinski definition) is 0. The number of hydrogen-bond acceptors (Lipinski definition) is 9. The number of ether oxygens (including phenoxy) is 5. The molecule has 0 saturated carbocycles. The van der Waals surface area contributed by atoms with Crippen LogP contribution in [0.3, 0.4) is 0 Å². The SMILES string of the molecule is CCOC(=O)C1=C(C)N=c2sc(=Cc3ccc(OCC)c(OC)c3)c(=O)n2C1c1ccc(OC(C)C)c(OC)c1. The molecule has 4 rings (SSSR count). The van der Waals surface area contributed by atoms with Crippen molar-refractivity contribution in [2.45, 2.75) is 46.8 Å². The number of rotatable bonds is 10. The summed E-state index contributed by atoms with van der Waals surface area (Å²) in [6, 6.07) is 10.1. The summed E-state index contributed by atoms with van der Waals surface area (Å²) in [5.41, 5.74) is 1.93. The van der Waals surface area contributed by atoms with Crippen LogP contribution < -0.4 is 33.8 Å². The van der Waals surface area contributed by atoms with E-state index in [0.29, 0.717) is 55.8 Å². The fourth-order valence-corrected chi connectivity index (χ4v) is 5.56. The molecule has 0 amide bonds. The highest BCUT2D eigenvalue weighted by molar-refractivity contribution is 7.07. The first kappa shape index (κ1) is 28.9. The molecular formula is C30H34N2O7S. The van der Waals surface area contributed by atoms with Crippen LogP contribution >= 0.6 is 11.3 Å². The van der Waals surface area contributed by atoms with E-state index in [1.54, 1.807) is 50.8 Å². The molecule has 0 radical (unpaired) electrons. The van der Waals surface area contributed by atoms with Gasteiger partial charge in [0.05, 0.1) is 55.4 Å². The molecule has 0 N–H and O–H groups in total. The lowest BCUT2D eigenvalue weighted by Gasteiger charge is -2.25. The Kier molecular flexibility index (Phi) is 8.99. The zero-order valence-corrected chi connectivity index (χ0v) is 24.6. The number of carbonyl (C=O) groups is 1. The van der Waals surface area contributed by atoms with Gasteiger partial charge >= 0.3 is 5.97 Å². The second-order valence-electron chi connectivity index (χ2n) is 9.22. The topological polar surface area (TPSA) is 97.6 Å². The number of allylic oxidation sites excluding steroid dienone is 1. The van der Waals surface area contributed by atoms with Crippen LogP contribution in [0.1, 0.15) is 51.8 Å². The number of thiazole rings is 1. The van der Waals surface area contributed by atoms with Crippen molar-refractivity contribution in [3.05, 3.63) is 78.5 Å². The Morgan fingerprint density at radius 1 is 1.02 bits per heavy atom. The summed E-state index contributed by atoms with van der Waals surface area (Å²) < 4.78 is 30.0. The van der Waals surface area contributed by atoms with Crippen molar-refractivity contribution >= 4 is 23.4 Å². The van der Waals surface area contributed by atoms with Gasteiger partial charge in [-0.15, -0.1) is 0 Å². The number of benzene rings is 2. The lowest BCUT2D eigenvalue weighted by Crippen LogP contribution is -2.40. The Hall–Kier alpha value is -4.05. The van der Waals surface area contributed by atoms with E-state index in [0.717, 1.165) is 5.56 Å². The zero-order valence-electron chi connectivity index (χ0n) is 23.8. The first-order chi connectivity index (χ1) is 19.2. The fourth-order valence-electron chi connectivity index (χ4n) is 4.51. The van der Waals surface area contributed by atoms with Crippen LogP contribution in [-0.2, 0) is 9.53 Å². The molecule has 0 aliphatic carbocycles. The van der Waals surface area contributed by atoms with Crippen molar-refractivity contribution in [3.8, 4) is 23.0 Å². The van der Waals surface area contributed by atoms with Crippen molar-refractivity contribution < 1.29 is 28.5 Å². The molecule has 40 heavy (non-hydrogen) atoms. The average Bonchev–Trinajstić information content (AvgIpc) is 3.22. The highest BCUT2D eigenvalue weighted by Gasteiger charge is 2.34. The van der Waals surface area contributed by atoms with Gasteiger partial charge < -0.3 is 23.7 Å². The monoisotopic (exact) mass is 566 g/mol. The predicted octanol–water partition coefficient (Wildman–Crippen LogP) is 4.00. The van der Waals surface area contributed by atoms with Gasteiger partial charge in [-0.05, 0) is 76.1 Å². The number of methoxy groups -OCH3 is 2. The van der Waals surface area contributed by atoms with Crippen molar-refractivity contribution in [2.24, 2.45) is 4.99 Å². The maximum absolute atomic E-state index is 13.9. The molecule has 0 saturated heterocycles. The molecule has 0 bridgehead atoms. The molecule has 3 aromatic rings. The van der Waals surface area contributed by atoms with Gasteiger partial charge in [-0.1, -0.05) is 23.5 Å². The van der Waals surface area contributed by atoms with Gasteiger partial charge in [0.25, 0.3) is 5.56 Å². The minimum Gasteiger partial charge on any atom is -0.493 e. The maximum Gasteiger partial charge on any atom is 0.338 e. The molecule has 1 aromatic heterocycles. The summed E-state index contributed by atoms with van der Waals surface area (Å²) in [7, 11) is 3.12. The van der Waals surface area contributed by atoms with Crippen LogP contribution in [-0.4, -0.2) is 44.1 Å². The van der Waals surface area contributed by atoms with E-state index in [9.17, 15) is 9.59 Å². The normalized spacial score (nSPS) is 15.0. The Labute approximate surface area is 236 Å². The van der Waals surface area contributed by atoms with Crippen LogP contribution in [0, 0.1) is 0 Å². The van der Waals surface area contributed by atoms with E-state index in [1.165, 1.54) is 11.3 Å². The predicted molar refractivity (Wildman–Crippen MR) is 153 cm³/mol. The molecule has 212 valence electrons. The highest BCUT2D eigenvalue weighted by Crippen LogP contribution is 2.36. The summed E-state index contributed by atoms with van der Waals surface area (Å²) in [5.74, 6) is 1.72. The van der Waals surface area contributed by atoms with Crippen LogP contribution in [0.5, 0.6) is 23.0 Å². The number of fused-ring (bicyclic) bond motifs is 1. The molecule has 1 unspecified atom stereocenters. The number of carbonyl (C=O) groups excluding carboxylic acids is 1. The minimum absolute atomic E-state index is 0.0594. The molecule has 10 heteroatoms. The second kappa shape index (κ2) is 12.4. The van der Waals surface area contributed by atoms with E-state index < -0.39 is 12.0 Å². The Balaban J connectivity index is 1.91. The van der Waals surface area contributed by atoms with Crippen LogP contribution in [0.25, 0.3) is 6.08 Å². The zero-order chi connectivity index (χ0) is 29.0. The minimum atomic E-state index is -0.769. The lowest BCUT2D eigenvalue weighted by molar-refractivity contribution is -0.139. The molecule has 1 aliphatic heterocycles. The Morgan fingerprint density at radius 2 is 1.73 bits per heavy atom. The summed E-state index contributed by atoms with van der Waals surface area (Å²) in [6.45, 7) is 9.94. The van der Waals surface area contributed by atoms with Gasteiger partial charge in [0.2, 0.25) is 0 Å². The molecule has 9 nitrogen and oxygen atoms in total. The number of nitrogens with zero attached hydrogens (tertiary/aromatic N) is 2. The molecule has 1 atom stereocenters. The molecule has 2 heterocycles. The molecule has 0 fully saturated rings. The molecule has 0 spiro atoms. The average molecular weight is 567 g/mol. The summed E-state index contributed by atoms with van der Waals surface area (Å²) in [6.07, 6.45) is 1.72. The van der Waals surface area contributed by atoms with Gasteiger partial charge in [-0.2, -0.15) is 0 Å². The third kappa shape index (κ3) is 5.77.